The van der Waals surface area contributed by atoms with Gasteiger partial charge in [-0.1, -0.05) is 6.07 Å². The Hall–Kier alpha value is -3.09. The molecule has 28 heavy (non-hydrogen) atoms. The maximum atomic E-state index is 11.6. The second-order valence-corrected chi connectivity index (χ2v) is 7.76. The number of nitrogens with one attached hydrogen (secondary N) is 1. The van der Waals surface area contributed by atoms with Gasteiger partial charge in [-0.15, -0.1) is 0 Å². The van der Waals surface area contributed by atoms with Crippen molar-refractivity contribution in [1.82, 2.24) is 19.9 Å². The third-order valence-corrected chi connectivity index (χ3v) is 5.63. The van der Waals surface area contributed by atoms with Crippen molar-refractivity contribution in [2.45, 2.75) is 38.3 Å². The predicted octanol–water partition coefficient (Wildman–Crippen LogP) is 2.92. The number of carbonyl (C=O) groups excluding carboxylic acids is 1. The fourth-order valence-electron chi connectivity index (χ4n) is 3.87. The van der Waals surface area contributed by atoms with Crippen molar-refractivity contribution >= 4 is 22.8 Å². The first-order chi connectivity index (χ1) is 13.6. The topological polar surface area (TPSA) is 95.1 Å². The number of aromatic nitrogens is 3. The summed E-state index contributed by atoms with van der Waals surface area (Å²) in [4.78, 5) is 20.7. The van der Waals surface area contributed by atoms with Crippen LogP contribution in [0.3, 0.4) is 0 Å². The van der Waals surface area contributed by atoms with Crippen LogP contribution in [0.2, 0.25) is 0 Å². The number of pyridine rings is 1. The van der Waals surface area contributed by atoms with E-state index in [4.69, 9.17) is 10.5 Å². The van der Waals surface area contributed by atoms with Gasteiger partial charge in [0.1, 0.15) is 23.2 Å². The van der Waals surface area contributed by atoms with E-state index in [1.807, 2.05) is 37.5 Å². The van der Waals surface area contributed by atoms with Gasteiger partial charge in [0.15, 0.2) is 0 Å². The first-order valence-electron chi connectivity index (χ1n) is 9.75. The van der Waals surface area contributed by atoms with Gasteiger partial charge in [0, 0.05) is 30.5 Å². The van der Waals surface area contributed by atoms with E-state index in [1.54, 1.807) is 6.07 Å². The number of hydrogen-bond donors (Lipinski definition) is 2. The van der Waals surface area contributed by atoms with Crippen LogP contribution >= 0.6 is 0 Å². The lowest BCUT2D eigenvalue weighted by Crippen LogP contribution is -2.25. The van der Waals surface area contributed by atoms with Crippen LogP contribution in [0.5, 0.6) is 5.75 Å². The Morgan fingerprint density at radius 3 is 2.89 bits per heavy atom. The van der Waals surface area contributed by atoms with E-state index >= 15 is 0 Å². The van der Waals surface area contributed by atoms with E-state index in [1.165, 1.54) is 12.8 Å². The number of carbonyl (C=O) groups is 1. The summed E-state index contributed by atoms with van der Waals surface area (Å²) < 4.78 is 8.63. The van der Waals surface area contributed by atoms with Crippen LogP contribution in [0.4, 0.5) is 5.82 Å². The van der Waals surface area contributed by atoms with Crippen LogP contribution in [-0.2, 0) is 4.79 Å². The number of nitrogen functional groups attached to an aromatic ring is 1. The molecule has 2 aliphatic rings. The molecule has 2 fully saturated rings. The molecule has 1 aliphatic carbocycles. The number of imidazole rings is 1. The molecule has 1 amide bonds. The molecule has 1 aromatic carbocycles. The molecule has 3 heterocycles. The lowest BCUT2D eigenvalue weighted by molar-refractivity contribution is -0.119. The number of fused-ring (bicyclic) bond motifs is 1. The maximum Gasteiger partial charge on any atom is 0.220 e. The number of nitrogens with two attached hydrogens (primary N) is 1. The summed E-state index contributed by atoms with van der Waals surface area (Å²) in [5.74, 6) is 1.51. The molecule has 2 atom stereocenters. The first kappa shape index (κ1) is 17.0. The monoisotopic (exact) mass is 377 g/mol. The van der Waals surface area contributed by atoms with E-state index in [-0.39, 0.29) is 17.9 Å². The average Bonchev–Trinajstić information content (AvgIpc) is 3.28. The second-order valence-electron chi connectivity index (χ2n) is 7.76. The number of nitrogens with zero attached hydrogens (tertiary/aromatic N) is 3. The third kappa shape index (κ3) is 3.06. The SMILES string of the molecule is CC(Oc1cc(-c2cccc(N)n2)cc2ncn(C3CC3)c12)C1CNC(=O)C1. The maximum absolute atomic E-state index is 11.6. The predicted molar refractivity (Wildman–Crippen MR) is 107 cm³/mol. The van der Waals surface area contributed by atoms with Crippen molar-refractivity contribution in [3.05, 3.63) is 36.7 Å². The summed E-state index contributed by atoms with van der Waals surface area (Å²) in [7, 11) is 0. The fraction of sp³-hybridized carbons (Fsp3) is 0.381. The fourth-order valence-corrected chi connectivity index (χ4v) is 3.87. The van der Waals surface area contributed by atoms with Gasteiger partial charge in [-0.2, -0.15) is 0 Å². The molecule has 7 nitrogen and oxygen atoms in total. The van der Waals surface area contributed by atoms with E-state index in [2.05, 4.69) is 19.9 Å². The molecule has 5 rings (SSSR count). The normalized spacial score (nSPS) is 20.3. The minimum Gasteiger partial charge on any atom is -0.488 e. The molecule has 3 N–H and O–H groups in total. The highest BCUT2D eigenvalue weighted by Gasteiger charge is 2.30. The zero-order valence-corrected chi connectivity index (χ0v) is 15.8. The van der Waals surface area contributed by atoms with E-state index < -0.39 is 0 Å². The largest absolute Gasteiger partial charge is 0.488 e. The smallest absolute Gasteiger partial charge is 0.220 e. The first-order valence-corrected chi connectivity index (χ1v) is 9.75. The number of ether oxygens (including phenoxy) is 1. The standard InChI is InChI=1S/C21H23N5O2/c1-12(14-9-20(27)23-10-14)28-18-8-13(16-3-2-4-19(22)25-16)7-17-21(18)26(11-24-17)15-5-6-15/h2-4,7-8,11-12,14-15H,5-6,9-10H2,1H3,(H2,22,25)(H,23,27). The van der Waals surface area contributed by atoms with E-state index in [9.17, 15) is 4.79 Å². The zero-order valence-electron chi connectivity index (χ0n) is 15.8. The molecule has 144 valence electrons. The third-order valence-electron chi connectivity index (χ3n) is 5.63. The molecule has 1 saturated carbocycles. The number of anilines is 1. The molecule has 7 heteroatoms. The van der Waals surface area contributed by atoms with Crippen molar-refractivity contribution in [2.75, 3.05) is 12.3 Å². The Morgan fingerprint density at radius 1 is 1.32 bits per heavy atom. The zero-order chi connectivity index (χ0) is 19.3. The van der Waals surface area contributed by atoms with Crippen LogP contribution in [0, 0.1) is 5.92 Å². The van der Waals surface area contributed by atoms with Gasteiger partial charge in [0.05, 0.1) is 17.5 Å². The van der Waals surface area contributed by atoms with Crippen LogP contribution < -0.4 is 15.8 Å². The van der Waals surface area contributed by atoms with Gasteiger partial charge < -0.3 is 20.4 Å². The van der Waals surface area contributed by atoms with Crippen LogP contribution in [0.15, 0.2) is 36.7 Å². The minimum atomic E-state index is -0.0891. The number of amides is 1. The van der Waals surface area contributed by atoms with Gasteiger partial charge in [0.2, 0.25) is 5.91 Å². The molecule has 1 saturated heterocycles. The number of hydrogen-bond acceptors (Lipinski definition) is 5. The highest BCUT2D eigenvalue weighted by Crippen LogP contribution is 2.41. The Kier molecular flexibility index (Phi) is 3.96. The molecule has 1 aliphatic heterocycles. The summed E-state index contributed by atoms with van der Waals surface area (Å²) in [6.07, 6.45) is 4.65. The van der Waals surface area contributed by atoms with Crippen molar-refractivity contribution in [1.29, 1.82) is 0 Å². The van der Waals surface area contributed by atoms with Gasteiger partial charge in [-0.3, -0.25) is 4.79 Å². The summed E-state index contributed by atoms with van der Waals surface area (Å²) in [6, 6.07) is 10.1. The summed E-state index contributed by atoms with van der Waals surface area (Å²) in [5, 5.41) is 2.89. The number of benzene rings is 1. The summed E-state index contributed by atoms with van der Waals surface area (Å²) in [6.45, 7) is 2.68. The molecular formula is C21H23N5O2. The van der Waals surface area contributed by atoms with Gasteiger partial charge in [-0.05, 0) is 44.0 Å². The van der Waals surface area contributed by atoms with Crippen molar-refractivity contribution in [3.8, 4) is 17.0 Å². The van der Waals surface area contributed by atoms with Crippen molar-refractivity contribution in [3.63, 3.8) is 0 Å². The molecule has 3 aromatic rings. The minimum absolute atomic E-state index is 0.0891. The molecule has 0 spiro atoms. The van der Waals surface area contributed by atoms with Crippen LogP contribution in [0.25, 0.3) is 22.3 Å². The lowest BCUT2D eigenvalue weighted by atomic mass is 10.0. The van der Waals surface area contributed by atoms with Crippen LogP contribution in [-0.4, -0.2) is 33.1 Å². The molecular weight excluding hydrogens is 354 g/mol. The Labute approximate surface area is 162 Å². The van der Waals surface area contributed by atoms with Crippen molar-refractivity contribution < 1.29 is 9.53 Å². The summed E-state index contributed by atoms with van der Waals surface area (Å²) in [5.41, 5.74) is 9.48. The number of rotatable bonds is 5. The lowest BCUT2D eigenvalue weighted by Gasteiger charge is -2.21. The van der Waals surface area contributed by atoms with Gasteiger partial charge in [-0.25, -0.2) is 9.97 Å². The van der Waals surface area contributed by atoms with Crippen molar-refractivity contribution in [2.24, 2.45) is 5.92 Å². The Balaban J connectivity index is 1.57. The quantitative estimate of drug-likeness (QED) is 0.713. The molecule has 2 aromatic heterocycles. The Bertz CT molecular complexity index is 1060. The molecule has 0 radical (unpaired) electrons. The van der Waals surface area contributed by atoms with Crippen LogP contribution in [0.1, 0.15) is 32.2 Å². The Morgan fingerprint density at radius 2 is 2.18 bits per heavy atom. The average molecular weight is 377 g/mol. The highest BCUT2D eigenvalue weighted by atomic mass is 16.5. The van der Waals surface area contributed by atoms with Gasteiger partial charge >= 0.3 is 0 Å². The van der Waals surface area contributed by atoms with Gasteiger partial charge in [0.25, 0.3) is 0 Å². The second kappa shape index (κ2) is 6.51. The molecule has 2 unspecified atom stereocenters. The summed E-state index contributed by atoms with van der Waals surface area (Å²) >= 11 is 0. The van der Waals surface area contributed by atoms with E-state index in [0.717, 1.165) is 28.0 Å². The molecule has 0 bridgehead atoms. The highest BCUT2D eigenvalue weighted by molar-refractivity contribution is 5.88. The van der Waals surface area contributed by atoms with E-state index in [0.29, 0.717) is 24.8 Å².